The predicted octanol–water partition coefficient (Wildman–Crippen LogP) is 5.11. The van der Waals surface area contributed by atoms with Gasteiger partial charge in [-0.1, -0.05) is 31.4 Å². The summed E-state index contributed by atoms with van der Waals surface area (Å²) in [6.07, 6.45) is 0.815. The summed E-state index contributed by atoms with van der Waals surface area (Å²) in [5.41, 5.74) is -1.03. The summed E-state index contributed by atoms with van der Waals surface area (Å²) >= 11 is 5.92. The van der Waals surface area contributed by atoms with Gasteiger partial charge in [0.15, 0.2) is 9.84 Å². The molecule has 3 rings (SSSR count). The van der Waals surface area contributed by atoms with Crippen LogP contribution < -0.4 is 5.32 Å². The molecule has 30 heavy (non-hydrogen) atoms. The smallest absolute Gasteiger partial charge is 0.351 e. The maximum absolute atomic E-state index is 12.8. The Morgan fingerprint density at radius 2 is 1.90 bits per heavy atom. The van der Waals surface area contributed by atoms with Crippen molar-refractivity contribution in [1.29, 1.82) is 0 Å². The van der Waals surface area contributed by atoms with Gasteiger partial charge in [-0.2, -0.15) is 13.2 Å². The summed E-state index contributed by atoms with van der Waals surface area (Å²) < 4.78 is 62.6. The zero-order valence-electron chi connectivity index (χ0n) is 16.9. The van der Waals surface area contributed by atoms with Gasteiger partial charge >= 0.3 is 6.18 Å². The first-order chi connectivity index (χ1) is 13.9. The van der Waals surface area contributed by atoms with Crippen LogP contribution in [0, 0.1) is 17.3 Å². The molecule has 1 aromatic carbocycles. The molecule has 0 unspecified atom stereocenters. The Labute approximate surface area is 180 Å². The number of carbonyl (C=O) groups excluding carboxylic acids is 1. The van der Waals surface area contributed by atoms with Crippen molar-refractivity contribution in [2.45, 2.75) is 51.6 Å². The van der Waals surface area contributed by atoms with E-state index in [4.69, 9.17) is 11.6 Å². The molecule has 0 spiro atoms. The van der Waals surface area contributed by atoms with E-state index in [0.29, 0.717) is 18.9 Å². The first-order valence-corrected chi connectivity index (χ1v) is 12.5. The first kappa shape index (κ1) is 23.4. The summed E-state index contributed by atoms with van der Waals surface area (Å²) in [4.78, 5) is 12.5. The van der Waals surface area contributed by atoms with E-state index in [1.807, 2.05) is 6.92 Å². The van der Waals surface area contributed by atoms with Gasteiger partial charge in [0.2, 0.25) is 0 Å². The van der Waals surface area contributed by atoms with Gasteiger partial charge in [-0.25, -0.2) is 8.42 Å². The van der Waals surface area contributed by atoms with E-state index in [1.54, 1.807) is 0 Å². The molecule has 0 radical (unpaired) electrons. The highest BCUT2D eigenvalue weighted by Crippen LogP contribution is 2.54. The van der Waals surface area contributed by atoms with Crippen molar-refractivity contribution in [3.63, 3.8) is 0 Å². The molecule has 4 nitrogen and oxygen atoms in total. The fraction of sp³-hybridized carbons (Fsp3) is 0.667. The van der Waals surface area contributed by atoms with Gasteiger partial charge in [0.25, 0.3) is 5.91 Å². The highest BCUT2D eigenvalue weighted by molar-refractivity contribution is 7.91. The van der Waals surface area contributed by atoms with Crippen molar-refractivity contribution in [2.75, 3.05) is 18.1 Å². The number of amides is 1. The van der Waals surface area contributed by atoms with Gasteiger partial charge in [-0.05, 0) is 61.1 Å². The van der Waals surface area contributed by atoms with Crippen LogP contribution in [0.3, 0.4) is 0 Å². The molecule has 2 fully saturated rings. The Morgan fingerprint density at radius 1 is 1.23 bits per heavy atom. The van der Waals surface area contributed by atoms with Crippen molar-refractivity contribution >= 4 is 27.3 Å². The second kappa shape index (κ2) is 8.69. The maximum atomic E-state index is 12.8. The third-order valence-corrected chi connectivity index (χ3v) is 8.35. The third kappa shape index (κ3) is 5.90. The molecule has 0 saturated heterocycles. The predicted molar refractivity (Wildman–Crippen MR) is 110 cm³/mol. The van der Waals surface area contributed by atoms with E-state index >= 15 is 0 Å². The molecule has 2 aliphatic carbocycles. The Morgan fingerprint density at radius 3 is 2.43 bits per heavy atom. The largest absolute Gasteiger partial charge is 0.416 e. The molecule has 0 bridgehead atoms. The molecular weight excluding hydrogens is 439 g/mol. The molecule has 2 aliphatic rings. The van der Waals surface area contributed by atoms with Gasteiger partial charge in [-0.15, -0.1) is 0 Å². The highest BCUT2D eigenvalue weighted by atomic mass is 35.5. The number of hydrogen-bond donors (Lipinski definition) is 1. The SMILES string of the molecule is CCCS(=O)(=O)CC1CC(CNC(=O)c2ccc(C(F)(F)F)cc2Cl)(CC2CC2)C1. The number of benzene rings is 1. The van der Waals surface area contributed by atoms with Gasteiger partial charge in [0.1, 0.15) is 0 Å². The van der Waals surface area contributed by atoms with Crippen LogP contribution in [0.2, 0.25) is 5.02 Å². The van der Waals surface area contributed by atoms with E-state index in [9.17, 15) is 26.4 Å². The average molecular weight is 466 g/mol. The summed E-state index contributed by atoms with van der Waals surface area (Å²) in [6.45, 7) is 2.22. The standard InChI is InChI=1S/C21H27ClF3NO3S/c1-2-7-30(28,29)12-15-10-20(11-15,9-14-3-4-14)13-26-19(27)17-6-5-16(8-18(17)22)21(23,24)25/h5-6,8,14-15H,2-4,7,9-13H2,1H3,(H,26,27). The van der Waals surface area contributed by atoms with Crippen LogP contribution >= 0.6 is 11.6 Å². The monoisotopic (exact) mass is 465 g/mol. The van der Waals surface area contributed by atoms with Crippen LogP contribution in [0.4, 0.5) is 13.2 Å². The lowest BCUT2D eigenvalue weighted by atomic mass is 9.60. The van der Waals surface area contributed by atoms with Crippen molar-refractivity contribution in [3.05, 3.63) is 34.3 Å². The normalized spacial score (nSPS) is 24.4. The number of hydrogen-bond acceptors (Lipinski definition) is 3. The van der Waals surface area contributed by atoms with E-state index in [-0.39, 0.29) is 33.4 Å². The number of carbonyl (C=O) groups is 1. The second-order valence-corrected chi connectivity index (χ2v) is 11.5. The molecule has 9 heteroatoms. The molecule has 1 N–H and O–H groups in total. The molecule has 0 aliphatic heterocycles. The molecule has 168 valence electrons. The summed E-state index contributed by atoms with van der Waals surface area (Å²) in [7, 11) is -3.05. The lowest BCUT2D eigenvalue weighted by Gasteiger charge is -2.48. The minimum atomic E-state index is -4.52. The van der Waals surface area contributed by atoms with Crippen molar-refractivity contribution in [2.24, 2.45) is 17.3 Å². The van der Waals surface area contributed by atoms with Gasteiger partial charge in [0.05, 0.1) is 21.9 Å². The van der Waals surface area contributed by atoms with Gasteiger partial charge < -0.3 is 5.32 Å². The van der Waals surface area contributed by atoms with Crippen molar-refractivity contribution in [3.8, 4) is 0 Å². The minimum Gasteiger partial charge on any atom is -0.351 e. The average Bonchev–Trinajstić information content (AvgIpc) is 3.40. The maximum Gasteiger partial charge on any atom is 0.416 e. The highest BCUT2D eigenvalue weighted by Gasteiger charge is 2.48. The minimum absolute atomic E-state index is 0.00707. The molecule has 0 aromatic heterocycles. The van der Waals surface area contributed by atoms with E-state index < -0.39 is 27.5 Å². The van der Waals surface area contributed by atoms with Crippen molar-refractivity contribution in [1.82, 2.24) is 5.32 Å². The number of halogens is 4. The van der Waals surface area contributed by atoms with Crippen LogP contribution in [0.25, 0.3) is 0 Å². The number of rotatable bonds is 9. The summed E-state index contributed by atoms with van der Waals surface area (Å²) in [5, 5.41) is 2.59. The fourth-order valence-corrected chi connectivity index (χ4v) is 6.60. The Hall–Kier alpha value is -1.28. The Kier molecular flexibility index (Phi) is 6.77. The third-order valence-electron chi connectivity index (χ3n) is 6.03. The van der Waals surface area contributed by atoms with Gasteiger partial charge in [0, 0.05) is 12.3 Å². The Balaban J connectivity index is 1.61. The molecule has 0 heterocycles. The van der Waals surface area contributed by atoms with Crippen LogP contribution in [0.5, 0.6) is 0 Å². The van der Waals surface area contributed by atoms with Crippen LogP contribution in [0.15, 0.2) is 18.2 Å². The second-order valence-electron chi connectivity index (χ2n) is 8.91. The van der Waals surface area contributed by atoms with Crippen LogP contribution in [-0.2, 0) is 16.0 Å². The van der Waals surface area contributed by atoms with E-state index in [2.05, 4.69) is 5.32 Å². The number of alkyl halides is 3. The zero-order valence-corrected chi connectivity index (χ0v) is 18.5. The van der Waals surface area contributed by atoms with Crippen LogP contribution in [0.1, 0.15) is 61.4 Å². The summed E-state index contributed by atoms with van der Waals surface area (Å²) in [5.74, 6) is 0.594. The molecule has 2 saturated carbocycles. The van der Waals surface area contributed by atoms with Crippen LogP contribution in [-0.4, -0.2) is 32.4 Å². The molecule has 1 aromatic rings. The molecular formula is C21H27ClF3NO3S. The first-order valence-electron chi connectivity index (χ1n) is 10.3. The van der Waals surface area contributed by atoms with E-state index in [0.717, 1.165) is 50.3 Å². The quantitative estimate of drug-likeness (QED) is 0.551. The zero-order chi connectivity index (χ0) is 22.2. The van der Waals surface area contributed by atoms with Gasteiger partial charge in [-0.3, -0.25) is 4.79 Å². The molecule has 1 amide bonds. The van der Waals surface area contributed by atoms with Crippen molar-refractivity contribution < 1.29 is 26.4 Å². The lowest BCUT2D eigenvalue weighted by Crippen LogP contribution is -2.48. The molecule has 0 atom stereocenters. The van der Waals surface area contributed by atoms with E-state index in [1.165, 1.54) is 0 Å². The lowest BCUT2D eigenvalue weighted by molar-refractivity contribution is -0.137. The fourth-order valence-electron chi connectivity index (χ4n) is 4.59. The number of nitrogens with one attached hydrogen (secondary N) is 1. The summed E-state index contributed by atoms with van der Waals surface area (Å²) in [6, 6.07) is 2.70. The topological polar surface area (TPSA) is 63.2 Å². The number of sulfone groups is 1. The Bertz CT molecular complexity index is 891.